The van der Waals surface area contributed by atoms with Crippen molar-refractivity contribution in [1.82, 2.24) is 0 Å². The Labute approximate surface area is 110 Å². The van der Waals surface area contributed by atoms with Crippen LogP contribution >= 0.6 is 0 Å². The lowest BCUT2D eigenvalue weighted by Crippen LogP contribution is -2.11. The van der Waals surface area contributed by atoms with E-state index in [2.05, 4.69) is 4.74 Å². The summed E-state index contributed by atoms with van der Waals surface area (Å²) in [5.41, 5.74) is 6.93. The third-order valence-electron chi connectivity index (χ3n) is 2.77. The number of carbonyl (C=O) groups is 1. The highest BCUT2D eigenvalue weighted by Crippen LogP contribution is 2.24. The van der Waals surface area contributed by atoms with Gasteiger partial charge in [0.1, 0.15) is 11.5 Å². The molecule has 0 saturated carbocycles. The molecule has 1 unspecified atom stereocenters. The van der Waals surface area contributed by atoms with Gasteiger partial charge in [0.15, 0.2) is 0 Å². The van der Waals surface area contributed by atoms with Crippen molar-refractivity contribution in [3.05, 3.63) is 53.5 Å². The molecule has 0 aliphatic heterocycles. The lowest BCUT2D eigenvalue weighted by atomic mass is 10.1. The fraction of sp³-hybridized carbons (Fsp3) is 0.214. The second-order valence-electron chi connectivity index (χ2n) is 3.95. The second kappa shape index (κ2) is 5.58. The minimum Gasteiger partial charge on any atom is -0.497 e. The Bertz CT molecular complexity index is 576. The lowest BCUT2D eigenvalue weighted by Gasteiger charge is -2.10. The van der Waals surface area contributed by atoms with Crippen LogP contribution in [0.25, 0.3) is 0 Å². The van der Waals surface area contributed by atoms with Gasteiger partial charge in [-0.25, -0.2) is 4.79 Å². The number of nitrogens with two attached hydrogens (primary N) is 1. The molecule has 0 bridgehead atoms. The van der Waals surface area contributed by atoms with Crippen molar-refractivity contribution < 1.29 is 18.7 Å². The van der Waals surface area contributed by atoms with Crippen molar-refractivity contribution in [2.45, 2.75) is 6.04 Å². The van der Waals surface area contributed by atoms with Crippen LogP contribution in [0.3, 0.4) is 0 Å². The van der Waals surface area contributed by atoms with Gasteiger partial charge in [-0.2, -0.15) is 0 Å². The quantitative estimate of drug-likeness (QED) is 0.853. The molecular formula is C14H15NO4. The normalized spacial score (nSPS) is 11.9. The average molecular weight is 261 g/mol. The molecule has 0 saturated heterocycles. The van der Waals surface area contributed by atoms with Crippen LogP contribution < -0.4 is 10.5 Å². The summed E-state index contributed by atoms with van der Waals surface area (Å²) >= 11 is 0. The van der Waals surface area contributed by atoms with Gasteiger partial charge in [0, 0.05) is 0 Å². The van der Waals surface area contributed by atoms with E-state index in [0.29, 0.717) is 11.5 Å². The van der Waals surface area contributed by atoms with Gasteiger partial charge < -0.3 is 19.6 Å². The first kappa shape index (κ1) is 13.2. The van der Waals surface area contributed by atoms with Gasteiger partial charge in [0.2, 0.25) is 5.76 Å². The largest absolute Gasteiger partial charge is 0.497 e. The van der Waals surface area contributed by atoms with Crippen molar-refractivity contribution in [2.24, 2.45) is 5.73 Å². The number of esters is 1. The minimum absolute atomic E-state index is 0.135. The van der Waals surface area contributed by atoms with E-state index in [1.165, 1.54) is 7.11 Å². The van der Waals surface area contributed by atoms with E-state index in [0.717, 1.165) is 5.56 Å². The molecule has 1 heterocycles. The molecule has 1 aromatic carbocycles. The molecule has 0 amide bonds. The topological polar surface area (TPSA) is 74.7 Å². The van der Waals surface area contributed by atoms with Crippen molar-refractivity contribution in [1.29, 1.82) is 0 Å². The zero-order chi connectivity index (χ0) is 13.8. The van der Waals surface area contributed by atoms with Crippen molar-refractivity contribution in [3.8, 4) is 5.75 Å². The third kappa shape index (κ3) is 2.77. The summed E-state index contributed by atoms with van der Waals surface area (Å²) < 4.78 is 15.1. The predicted octanol–water partition coefficient (Wildman–Crippen LogP) is 2.12. The van der Waals surface area contributed by atoms with Gasteiger partial charge in [0.05, 0.1) is 20.3 Å². The molecule has 0 radical (unpaired) electrons. The van der Waals surface area contributed by atoms with Crippen LogP contribution in [0.4, 0.5) is 0 Å². The number of benzene rings is 1. The first-order chi connectivity index (χ1) is 9.15. The van der Waals surface area contributed by atoms with E-state index in [1.54, 1.807) is 19.2 Å². The maximum Gasteiger partial charge on any atom is 0.373 e. The molecule has 1 atom stereocenters. The molecule has 2 aromatic rings. The number of ether oxygens (including phenoxy) is 2. The van der Waals surface area contributed by atoms with E-state index >= 15 is 0 Å². The van der Waals surface area contributed by atoms with E-state index in [4.69, 9.17) is 14.9 Å². The van der Waals surface area contributed by atoms with Crippen LogP contribution in [0.15, 0.2) is 40.8 Å². The Morgan fingerprint density at radius 3 is 2.74 bits per heavy atom. The zero-order valence-electron chi connectivity index (χ0n) is 10.8. The summed E-state index contributed by atoms with van der Waals surface area (Å²) in [5.74, 6) is 0.821. The molecule has 2 N–H and O–H groups in total. The number of hydrogen-bond acceptors (Lipinski definition) is 5. The molecule has 5 heteroatoms. The molecule has 1 aromatic heterocycles. The summed E-state index contributed by atoms with van der Waals surface area (Å²) in [5, 5.41) is 0. The van der Waals surface area contributed by atoms with Gasteiger partial charge in [-0.05, 0) is 29.8 Å². The number of furan rings is 1. The van der Waals surface area contributed by atoms with Gasteiger partial charge >= 0.3 is 5.97 Å². The minimum atomic E-state index is -0.524. The zero-order valence-corrected chi connectivity index (χ0v) is 10.8. The first-order valence-electron chi connectivity index (χ1n) is 5.73. The Balaban J connectivity index is 2.25. The molecule has 0 fully saturated rings. The SMILES string of the molecule is COC(=O)c1ccc(C(N)c2cccc(OC)c2)o1. The number of rotatable bonds is 4. The van der Waals surface area contributed by atoms with Crippen LogP contribution in [-0.2, 0) is 4.74 Å². The van der Waals surface area contributed by atoms with E-state index in [1.807, 2.05) is 24.3 Å². The fourth-order valence-corrected chi connectivity index (χ4v) is 1.73. The van der Waals surface area contributed by atoms with Crippen molar-refractivity contribution >= 4 is 5.97 Å². The molecule has 5 nitrogen and oxygen atoms in total. The monoisotopic (exact) mass is 261 g/mol. The highest BCUT2D eigenvalue weighted by atomic mass is 16.5. The Morgan fingerprint density at radius 1 is 1.26 bits per heavy atom. The summed E-state index contributed by atoms with van der Waals surface area (Å²) in [6, 6.07) is 10.1. The molecule has 19 heavy (non-hydrogen) atoms. The number of methoxy groups -OCH3 is 2. The summed E-state index contributed by atoms with van der Waals surface area (Å²) in [7, 11) is 2.89. The first-order valence-corrected chi connectivity index (χ1v) is 5.73. The number of carbonyl (C=O) groups excluding carboxylic acids is 1. The van der Waals surface area contributed by atoms with Crippen LogP contribution in [0, 0.1) is 0 Å². The van der Waals surface area contributed by atoms with Gasteiger partial charge in [0.25, 0.3) is 0 Å². The van der Waals surface area contributed by atoms with Gasteiger partial charge in [-0.15, -0.1) is 0 Å². The van der Waals surface area contributed by atoms with Crippen molar-refractivity contribution in [3.63, 3.8) is 0 Å². The molecule has 0 aliphatic rings. The maximum absolute atomic E-state index is 11.3. The van der Waals surface area contributed by atoms with E-state index in [-0.39, 0.29) is 5.76 Å². The average Bonchev–Trinajstić information content (AvgIpc) is 2.95. The van der Waals surface area contributed by atoms with Gasteiger partial charge in [-0.1, -0.05) is 12.1 Å². The highest BCUT2D eigenvalue weighted by Gasteiger charge is 2.17. The summed E-state index contributed by atoms with van der Waals surface area (Å²) in [4.78, 5) is 11.3. The van der Waals surface area contributed by atoms with E-state index in [9.17, 15) is 4.79 Å². The summed E-state index contributed by atoms with van der Waals surface area (Å²) in [6.45, 7) is 0. The highest BCUT2D eigenvalue weighted by molar-refractivity contribution is 5.86. The summed E-state index contributed by atoms with van der Waals surface area (Å²) in [6.07, 6.45) is 0. The Morgan fingerprint density at radius 2 is 2.05 bits per heavy atom. The molecule has 100 valence electrons. The molecular weight excluding hydrogens is 246 g/mol. The molecule has 0 aliphatic carbocycles. The Kier molecular flexibility index (Phi) is 3.87. The molecule has 2 rings (SSSR count). The van der Waals surface area contributed by atoms with Gasteiger partial charge in [-0.3, -0.25) is 0 Å². The third-order valence-corrected chi connectivity index (χ3v) is 2.77. The van der Waals surface area contributed by atoms with E-state index < -0.39 is 12.0 Å². The predicted molar refractivity (Wildman–Crippen MR) is 69.1 cm³/mol. The van der Waals surface area contributed by atoms with Crippen LogP contribution in [-0.4, -0.2) is 20.2 Å². The Hall–Kier alpha value is -2.27. The number of hydrogen-bond donors (Lipinski definition) is 1. The van der Waals surface area contributed by atoms with Crippen LogP contribution in [0.1, 0.15) is 27.9 Å². The second-order valence-corrected chi connectivity index (χ2v) is 3.95. The maximum atomic E-state index is 11.3. The van der Waals surface area contributed by atoms with Crippen LogP contribution in [0.2, 0.25) is 0 Å². The smallest absolute Gasteiger partial charge is 0.373 e. The molecule has 0 spiro atoms. The standard InChI is InChI=1S/C14H15NO4/c1-17-10-5-3-4-9(8-10)13(15)11-6-7-12(19-11)14(16)18-2/h3-8,13H,15H2,1-2H3. The lowest BCUT2D eigenvalue weighted by molar-refractivity contribution is 0.0562. The van der Waals surface area contributed by atoms with Crippen LogP contribution in [0.5, 0.6) is 5.75 Å². The fourth-order valence-electron chi connectivity index (χ4n) is 1.73. The van der Waals surface area contributed by atoms with Crippen molar-refractivity contribution in [2.75, 3.05) is 14.2 Å².